The van der Waals surface area contributed by atoms with Crippen molar-refractivity contribution < 1.29 is 4.79 Å². The minimum absolute atomic E-state index is 0.0401. The highest BCUT2D eigenvalue weighted by Crippen LogP contribution is 2.26. The Morgan fingerprint density at radius 2 is 2.16 bits per heavy atom. The molecule has 1 aliphatic rings. The van der Waals surface area contributed by atoms with E-state index in [0.29, 0.717) is 0 Å². The van der Waals surface area contributed by atoms with Crippen molar-refractivity contribution in [3.05, 3.63) is 28.7 Å². The Morgan fingerprint density at radius 1 is 1.47 bits per heavy atom. The molecule has 1 fully saturated rings. The van der Waals surface area contributed by atoms with Crippen LogP contribution >= 0.6 is 27.7 Å². The molecule has 0 saturated carbocycles. The molecule has 0 spiro atoms. The van der Waals surface area contributed by atoms with Crippen molar-refractivity contribution in [2.75, 3.05) is 19.6 Å². The third-order valence-electron chi connectivity index (χ3n) is 3.26. The number of rotatable bonds is 3. The van der Waals surface area contributed by atoms with Crippen molar-refractivity contribution in [3.63, 3.8) is 0 Å². The van der Waals surface area contributed by atoms with E-state index in [2.05, 4.69) is 28.2 Å². The summed E-state index contributed by atoms with van der Waals surface area (Å²) in [5, 5.41) is 3.27. The topological polar surface area (TPSA) is 32.3 Å². The lowest BCUT2D eigenvalue weighted by Crippen LogP contribution is -2.54. The van der Waals surface area contributed by atoms with E-state index >= 15 is 0 Å². The van der Waals surface area contributed by atoms with Gasteiger partial charge in [-0.2, -0.15) is 0 Å². The average Bonchev–Trinajstić information content (AvgIpc) is 2.41. The zero-order chi connectivity index (χ0) is 13.8. The van der Waals surface area contributed by atoms with E-state index in [1.54, 1.807) is 11.8 Å². The molecule has 1 aliphatic heterocycles. The van der Waals surface area contributed by atoms with E-state index in [-0.39, 0.29) is 17.2 Å². The second-order valence-corrected chi connectivity index (χ2v) is 7.13. The summed E-state index contributed by atoms with van der Waals surface area (Å²) >= 11 is 5.04. The minimum atomic E-state index is -0.0401. The molecule has 19 heavy (non-hydrogen) atoms. The first-order valence-electron chi connectivity index (χ1n) is 6.51. The fourth-order valence-corrected chi connectivity index (χ4v) is 3.37. The second kappa shape index (κ2) is 6.77. The van der Waals surface area contributed by atoms with Gasteiger partial charge < -0.3 is 10.2 Å². The number of carbonyl (C=O) groups excluding carboxylic acids is 1. The summed E-state index contributed by atoms with van der Waals surface area (Å²) in [6.45, 7) is 6.68. The predicted octanol–water partition coefficient (Wildman–Crippen LogP) is 2.75. The zero-order valence-corrected chi connectivity index (χ0v) is 13.6. The summed E-state index contributed by atoms with van der Waals surface area (Å²) in [4.78, 5) is 15.6. The molecule has 1 amide bonds. The number of halogens is 1. The SMILES string of the molecule is CC(Sc1ccc(Br)cc1)C(=O)N1CCNCC1C. The number of nitrogens with one attached hydrogen (secondary N) is 1. The Balaban J connectivity index is 1.96. The number of piperazine rings is 1. The zero-order valence-electron chi connectivity index (χ0n) is 11.2. The Hall–Kier alpha value is -0.520. The number of nitrogens with zero attached hydrogens (tertiary/aromatic N) is 1. The number of hydrogen-bond acceptors (Lipinski definition) is 3. The smallest absolute Gasteiger partial charge is 0.236 e. The monoisotopic (exact) mass is 342 g/mol. The maximum Gasteiger partial charge on any atom is 0.236 e. The number of amides is 1. The standard InChI is InChI=1S/C14H19BrN2OS/c1-10-9-16-7-8-17(10)14(18)11(2)19-13-5-3-12(15)4-6-13/h3-6,10-11,16H,7-9H2,1-2H3. The third kappa shape index (κ3) is 3.97. The lowest BCUT2D eigenvalue weighted by atomic mass is 10.2. The van der Waals surface area contributed by atoms with Gasteiger partial charge in [-0.1, -0.05) is 15.9 Å². The summed E-state index contributed by atoms with van der Waals surface area (Å²) < 4.78 is 1.06. The van der Waals surface area contributed by atoms with Crippen LogP contribution in [0.4, 0.5) is 0 Å². The summed E-state index contributed by atoms with van der Waals surface area (Å²) in [6, 6.07) is 8.38. The minimum Gasteiger partial charge on any atom is -0.336 e. The highest BCUT2D eigenvalue weighted by atomic mass is 79.9. The lowest BCUT2D eigenvalue weighted by molar-refractivity contribution is -0.133. The first-order valence-corrected chi connectivity index (χ1v) is 8.18. The van der Waals surface area contributed by atoms with Crippen LogP contribution in [-0.4, -0.2) is 41.7 Å². The van der Waals surface area contributed by atoms with Gasteiger partial charge in [-0.3, -0.25) is 4.79 Å². The highest BCUT2D eigenvalue weighted by Gasteiger charge is 2.27. The summed E-state index contributed by atoms with van der Waals surface area (Å²) in [7, 11) is 0. The van der Waals surface area contributed by atoms with E-state index in [4.69, 9.17) is 0 Å². The van der Waals surface area contributed by atoms with Crippen LogP contribution in [-0.2, 0) is 4.79 Å². The fourth-order valence-electron chi connectivity index (χ4n) is 2.17. The maximum atomic E-state index is 12.4. The molecule has 2 rings (SSSR count). The summed E-state index contributed by atoms with van der Waals surface area (Å²) in [6.07, 6.45) is 0. The molecule has 1 heterocycles. The van der Waals surface area contributed by atoms with Crippen LogP contribution in [0.3, 0.4) is 0 Å². The number of carbonyl (C=O) groups is 1. The quantitative estimate of drug-likeness (QED) is 0.857. The molecule has 5 heteroatoms. The van der Waals surface area contributed by atoms with Gasteiger partial charge in [-0.25, -0.2) is 0 Å². The predicted molar refractivity (Wildman–Crippen MR) is 83.5 cm³/mol. The van der Waals surface area contributed by atoms with Crippen LogP contribution in [0.1, 0.15) is 13.8 Å². The second-order valence-electron chi connectivity index (χ2n) is 4.80. The van der Waals surface area contributed by atoms with Gasteiger partial charge in [0.25, 0.3) is 0 Å². The van der Waals surface area contributed by atoms with Gasteiger partial charge in [-0.05, 0) is 38.1 Å². The van der Waals surface area contributed by atoms with Crippen LogP contribution in [0.2, 0.25) is 0 Å². The molecule has 0 bridgehead atoms. The fraction of sp³-hybridized carbons (Fsp3) is 0.500. The molecule has 1 aromatic carbocycles. The van der Waals surface area contributed by atoms with Crippen LogP contribution in [0.5, 0.6) is 0 Å². The first kappa shape index (κ1) is 14.9. The molecule has 2 unspecified atom stereocenters. The molecule has 2 atom stereocenters. The summed E-state index contributed by atoms with van der Waals surface area (Å²) in [5.74, 6) is 0.238. The average molecular weight is 343 g/mol. The molecule has 3 nitrogen and oxygen atoms in total. The largest absolute Gasteiger partial charge is 0.336 e. The van der Waals surface area contributed by atoms with Crippen molar-refractivity contribution in [2.24, 2.45) is 0 Å². The van der Waals surface area contributed by atoms with Crippen LogP contribution < -0.4 is 5.32 Å². The van der Waals surface area contributed by atoms with E-state index in [1.807, 2.05) is 36.1 Å². The van der Waals surface area contributed by atoms with Crippen LogP contribution in [0.25, 0.3) is 0 Å². The molecule has 1 saturated heterocycles. The molecule has 104 valence electrons. The van der Waals surface area contributed by atoms with Crippen molar-refractivity contribution in [2.45, 2.75) is 30.0 Å². The van der Waals surface area contributed by atoms with Gasteiger partial charge in [-0.15, -0.1) is 11.8 Å². The van der Waals surface area contributed by atoms with Gasteiger partial charge in [0.15, 0.2) is 0 Å². The third-order valence-corrected chi connectivity index (χ3v) is 4.89. The maximum absolute atomic E-state index is 12.4. The van der Waals surface area contributed by atoms with Crippen molar-refractivity contribution in [1.82, 2.24) is 10.2 Å². The molecule has 0 radical (unpaired) electrons. The summed E-state index contributed by atoms with van der Waals surface area (Å²) in [5.41, 5.74) is 0. The Bertz CT molecular complexity index is 438. The van der Waals surface area contributed by atoms with E-state index < -0.39 is 0 Å². The normalized spacial score (nSPS) is 21.2. The first-order chi connectivity index (χ1) is 9.08. The molecule has 0 aliphatic carbocycles. The van der Waals surface area contributed by atoms with Crippen molar-refractivity contribution >= 4 is 33.6 Å². The van der Waals surface area contributed by atoms with Crippen molar-refractivity contribution in [3.8, 4) is 0 Å². The number of benzene rings is 1. The molecule has 1 aromatic rings. The Labute approximate surface area is 127 Å². The Morgan fingerprint density at radius 3 is 2.79 bits per heavy atom. The van der Waals surface area contributed by atoms with E-state index in [0.717, 1.165) is 29.0 Å². The Kier molecular flexibility index (Phi) is 5.30. The molecular weight excluding hydrogens is 324 g/mol. The van der Waals surface area contributed by atoms with Gasteiger partial charge in [0.05, 0.1) is 5.25 Å². The van der Waals surface area contributed by atoms with Gasteiger partial charge in [0, 0.05) is 35.0 Å². The molecule has 0 aromatic heterocycles. The number of hydrogen-bond donors (Lipinski definition) is 1. The van der Waals surface area contributed by atoms with Crippen LogP contribution in [0.15, 0.2) is 33.6 Å². The lowest BCUT2D eigenvalue weighted by Gasteiger charge is -2.35. The molecular formula is C14H19BrN2OS. The van der Waals surface area contributed by atoms with Crippen LogP contribution in [0, 0.1) is 0 Å². The van der Waals surface area contributed by atoms with Gasteiger partial charge in [0.2, 0.25) is 5.91 Å². The van der Waals surface area contributed by atoms with Gasteiger partial charge in [0.1, 0.15) is 0 Å². The van der Waals surface area contributed by atoms with Crippen molar-refractivity contribution in [1.29, 1.82) is 0 Å². The highest BCUT2D eigenvalue weighted by molar-refractivity contribution is 9.10. The number of thioether (sulfide) groups is 1. The van der Waals surface area contributed by atoms with Gasteiger partial charge >= 0.3 is 0 Å². The van der Waals surface area contributed by atoms with E-state index in [1.165, 1.54) is 0 Å². The molecule has 1 N–H and O–H groups in total. The van der Waals surface area contributed by atoms with E-state index in [9.17, 15) is 4.79 Å².